The first-order valence-corrected chi connectivity index (χ1v) is 9.56. The van der Waals surface area contributed by atoms with E-state index in [0.29, 0.717) is 37.6 Å². The predicted molar refractivity (Wildman–Crippen MR) is 103 cm³/mol. The molecular weight excluding hydrogens is 360 g/mol. The highest BCUT2D eigenvalue weighted by atomic mass is 16.5. The number of likely N-dealkylation sites (tertiary alicyclic amines) is 1. The highest BCUT2D eigenvalue weighted by Crippen LogP contribution is 2.28. The number of nitrogens with one attached hydrogen (secondary N) is 1. The molecule has 1 aliphatic rings. The Kier molecular flexibility index (Phi) is 6.57. The Morgan fingerprint density at radius 2 is 2.14 bits per heavy atom. The lowest BCUT2D eigenvalue weighted by Crippen LogP contribution is -2.45. The van der Waals surface area contributed by atoms with Gasteiger partial charge in [-0.1, -0.05) is 13.0 Å². The lowest BCUT2D eigenvalue weighted by atomic mass is 10.1. The van der Waals surface area contributed by atoms with Gasteiger partial charge in [0.1, 0.15) is 6.04 Å². The Morgan fingerprint density at radius 1 is 1.29 bits per heavy atom. The number of carbonyl (C=O) groups is 2. The predicted octanol–water partition coefficient (Wildman–Crippen LogP) is 3.00. The van der Waals surface area contributed by atoms with E-state index in [-0.39, 0.29) is 17.6 Å². The molecule has 0 aliphatic carbocycles. The van der Waals surface area contributed by atoms with E-state index in [0.717, 1.165) is 18.4 Å². The maximum absolute atomic E-state index is 12.7. The fourth-order valence-electron chi connectivity index (χ4n) is 3.28. The van der Waals surface area contributed by atoms with Gasteiger partial charge >= 0.3 is 0 Å². The molecule has 1 aromatic heterocycles. The number of carbonyl (C=O) groups excluding carboxylic acids is 2. The minimum Gasteiger partial charge on any atom is -0.493 e. The van der Waals surface area contributed by atoms with Crippen LogP contribution in [0.3, 0.4) is 0 Å². The molecule has 7 heteroatoms. The van der Waals surface area contributed by atoms with E-state index in [4.69, 9.17) is 13.9 Å². The van der Waals surface area contributed by atoms with Crippen LogP contribution >= 0.6 is 0 Å². The van der Waals surface area contributed by atoms with Crippen molar-refractivity contribution in [3.63, 3.8) is 0 Å². The largest absolute Gasteiger partial charge is 0.493 e. The van der Waals surface area contributed by atoms with Crippen molar-refractivity contribution < 1.29 is 23.5 Å². The van der Waals surface area contributed by atoms with Gasteiger partial charge < -0.3 is 24.1 Å². The first-order valence-electron chi connectivity index (χ1n) is 9.56. The van der Waals surface area contributed by atoms with Crippen LogP contribution in [0.15, 0.2) is 41.0 Å². The van der Waals surface area contributed by atoms with Gasteiger partial charge in [0.25, 0.3) is 5.91 Å². The second kappa shape index (κ2) is 9.30. The minimum absolute atomic E-state index is 0.164. The molecule has 0 radical (unpaired) electrons. The molecule has 1 N–H and O–H groups in total. The zero-order valence-corrected chi connectivity index (χ0v) is 16.3. The number of hydrogen-bond donors (Lipinski definition) is 1. The summed E-state index contributed by atoms with van der Waals surface area (Å²) in [5, 5.41) is 2.93. The van der Waals surface area contributed by atoms with Crippen molar-refractivity contribution in [3.05, 3.63) is 47.9 Å². The number of nitrogens with zero attached hydrogens (tertiary/aromatic N) is 1. The Balaban J connectivity index is 1.61. The molecule has 2 heterocycles. The van der Waals surface area contributed by atoms with Crippen molar-refractivity contribution in [2.24, 2.45) is 0 Å². The molecule has 0 unspecified atom stereocenters. The van der Waals surface area contributed by atoms with E-state index in [2.05, 4.69) is 5.32 Å². The number of rotatable bonds is 8. The number of methoxy groups -OCH3 is 1. The zero-order chi connectivity index (χ0) is 19.9. The van der Waals surface area contributed by atoms with Crippen molar-refractivity contribution in [2.75, 3.05) is 20.3 Å². The van der Waals surface area contributed by atoms with Crippen LogP contribution in [-0.4, -0.2) is 43.0 Å². The second-order valence-electron chi connectivity index (χ2n) is 6.69. The smallest absolute Gasteiger partial charge is 0.290 e. The van der Waals surface area contributed by atoms with E-state index >= 15 is 0 Å². The maximum atomic E-state index is 12.7. The van der Waals surface area contributed by atoms with Gasteiger partial charge in [-0.05, 0) is 49.1 Å². The van der Waals surface area contributed by atoms with E-state index in [9.17, 15) is 9.59 Å². The number of ether oxygens (including phenoxy) is 2. The highest BCUT2D eigenvalue weighted by Gasteiger charge is 2.35. The molecule has 1 fully saturated rings. The minimum atomic E-state index is -0.480. The summed E-state index contributed by atoms with van der Waals surface area (Å²) in [4.78, 5) is 26.8. The van der Waals surface area contributed by atoms with Crippen LogP contribution in [0.2, 0.25) is 0 Å². The van der Waals surface area contributed by atoms with E-state index < -0.39 is 6.04 Å². The van der Waals surface area contributed by atoms with Crippen molar-refractivity contribution in [1.29, 1.82) is 0 Å². The summed E-state index contributed by atoms with van der Waals surface area (Å²) in [5.41, 5.74) is 0.899. The Hall–Kier alpha value is -2.96. The van der Waals surface area contributed by atoms with Crippen molar-refractivity contribution >= 4 is 11.8 Å². The second-order valence-corrected chi connectivity index (χ2v) is 6.69. The maximum Gasteiger partial charge on any atom is 0.290 e. The SMILES string of the molecule is CCCOc1ccc(CNC(=O)[C@@H]2CCCN2C(=O)c2ccco2)cc1OC. The summed E-state index contributed by atoms with van der Waals surface area (Å²) in [6.45, 7) is 3.56. The topological polar surface area (TPSA) is 81.0 Å². The van der Waals surface area contributed by atoms with Crippen LogP contribution in [-0.2, 0) is 11.3 Å². The standard InChI is InChI=1S/C21H26N2O5/c1-3-11-27-17-9-8-15(13-19(17)26-2)14-22-20(24)16-6-4-10-23(16)21(25)18-7-5-12-28-18/h5,7-9,12-13,16H,3-4,6,10-11,14H2,1-2H3,(H,22,24)/t16-/m0/s1. The molecule has 1 saturated heterocycles. The molecule has 1 aliphatic heterocycles. The van der Waals surface area contributed by atoms with Gasteiger partial charge in [0, 0.05) is 13.1 Å². The van der Waals surface area contributed by atoms with Gasteiger partial charge in [-0.2, -0.15) is 0 Å². The Labute approximate surface area is 164 Å². The highest BCUT2D eigenvalue weighted by molar-refractivity contribution is 5.95. The molecule has 7 nitrogen and oxygen atoms in total. The number of hydrogen-bond acceptors (Lipinski definition) is 5. The fourth-order valence-corrected chi connectivity index (χ4v) is 3.28. The average Bonchev–Trinajstić information content (AvgIpc) is 3.42. The van der Waals surface area contributed by atoms with Gasteiger partial charge in [0.2, 0.25) is 5.91 Å². The third-order valence-corrected chi connectivity index (χ3v) is 4.70. The van der Waals surface area contributed by atoms with Crippen LogP contribution in [0.1, 0.15) is 42.3 Å². The van der Waals surface area contributed by atoms with E-state index in [1.54, 1.807) is 24.1 Å². The van der Waals surface area contributed by atoms with Crippen LogP contribution in [0.5, 0.6) is 11.5 Å². The fraction of sp³-hybridized carbons (Fsp3) is 0.429. The normalized spacial score (nSPS) is 16.1. The van der Waals surface area contributed by atoms with Crippen molar-refractivity contribution in [1.82, 2.24) is 10.2 Å². The average molecular weight is 386 g/mol. The lowest BCUT2D eigenvalue weighted by molar-refractivity contribution is -0.125. The number of benzene rings is 1. The molecule has 28 heavy (non-hydrogen) atoms. The summed E-state index contributed by atoms with van der Waals surface area (Å²) in [6.07, 6.45) is 3.81. The summed E-state index contributed by atoms with van der Waals surface area (Å²) < 4.78 is 16.2. The molecule has 3 rings (SSSR count). The monoisotopic (exact) mass is 386 g/mol. The van der Waals surface area contributed by atoms with Crippen LogP contribution in [0.25, 0.3) is 0 Å². The van der Waals surface area contributed by atoms with Crippen molar-refractivity contribution in [2.45, 2.75) is 38.8 Å². The lowest BCUT2D eigenvalue weighted by Gasteiger charge is -2.23. The summed E-state index contributed by atoms with van der Waals surface area (Å²) in [6, 6.07) is 8.40. The van der Waals surface area contributed by atoms with Crippen LogP contribution in [0.4, 0.5) is 0 Å². The Morgan fingerprint density at radius 3 is 2.86 bits per heavy atom. The first-order chi connectivity index (χ1) is 13.6. The molecule has 1 aromatic carbocycles. The molecule has 1 atom stereocenters. The molecule has 0 saturated carbocycles. The summed E-state index contributed by atoms with van der Waals surface area (Å²) >= 11 is 0. The zero-order valence-electron chi connectivity index (χ0n) is 16.3. The quantitative estimate of drug-likeness (QED) is 0.754. The van der Waals surface area contributed by atoms with Crippen LogP contribution in [0, 0.1) is 0 Å². The van der Waals surface area contributed by atoms with E-state index in [1.807, 2.05) is 25.1 Å². The molecule has 2 amide bonds. The molecule has 0 spiro atoms. The van der Waals surface area contributed by atoms with Gasteiger partial charge in [-0.3, -0.25) is 9.59 Å². The number of furan rings is 1. The van der Waals surface area contributed by atoms with Gasteiger partial charge in [-0.25, -0.2) is 0 Å². The molecule has 150 valence electrons. The number of amides is 2. The molecule has 2 aromatic rings. The van der Waals surface area contributed by atoms with Gasteiger partial charge in [0.05, 0.1) is 20.0 Å². The molecular formula is C21H26N2O5. The first kappa shape index (κ1) is 19.8. The van der Waals surface area contributed by atoms with Crippen LogP contribution < -0.4 is 14.8 Å². The summed E-state index contributed by atoms with van der Waals surface area (Å²) in [7, 11) is 1.59. The molecule has 0 bridgehead atoms. The van der Waals surface area contributed by atoms with Crippen molar-refractivity contribution in [3.8, 4) is 11.5 Å². The van der Waals surface area contributed by atoms with Gasteiger partial charge in [-0.15, -0.1) is 0 Å². The van der Waals surface area contributed by atoms with E-state index in [1.165, 1.54) is 6.26 Å². The summed E-state index contributed by atoms with van der Waals surface area (Å²) in [5.74, 6) is 1.16. The third kappa shape index (κ3) is 4.47. The third-order valence-electron chi connectivity index (χ3n) is 4.70. The Bertz CT molecular complexity index is 803. The van der Waals surface area contributed by atoms with Gasteiger partial charge in [0.15, 0.2) is 17.3 Å².